The summed E-state index contributed by atoms with van der Waals surface area (Å²) in [5, 5.41) is 0. The van der Waals surface area contributed by atoms with Crippen molar-refractivity contribution in [3.63, 3.8) is 0 Å². The molecule has 0 aliphatic rings. The lowest BCUT2D eigenvalue weighted by Gasteiger charge is -2.19. The van der Waals surface area contributed by atoms with Crippen LogP contribution >= 0.6 is 0 Å². The van der Waals surface area contributed by atoms with Gasteiger partial charge in [-0.05, 0) is 13.3 Å². The number of carbonyl (C=O) groups excluding carboxylic acids is 3. The van der Waals surface area contributed by atoms with Gasteiger partial charge in [-0.3, -0.25) is 0 Å². The second-order valence-electron chi connectivity index (χ2n) is 4.08. The highest BCUT2D eigenvalue weighted by molar-refractivity contribution is 5.97. The Hall–Kier alpha value is -2.11. The topological polar surface area (TPSA) is 78.9 Å². The van der Waals surface area contributed by atoms with Crippen LogP contribution in [0.4, 0.5) is 0 Å². The predicted octanol–water partition coefficient (Wildman–Crippen LogP) is 1.55. The Kier molecular flexibility index (Phi) is 7.96. The van der Waals surface area contributed by atoms with E-state index in [1.54, 1.807) is 0 Å². The first-order valence-electron chi connectivity index (χ1n) is 6.11. The molecule has 0 aromatic heterocycles. The van der Waals surface area contributed by atoms with Gasteiger partial charge < -0.3 is 14.2 Å². The maximum absolute atomic E-state index is 11.7. The summed E-state index contributed by atoms with van der Waals surface area (Å²) in [6.07, 6.45) is 1.11. The van der Waals surface area contributed by atoms with E-state index in [-0.39, 0.29) is 11.1 Å². The van der Waals surface area contributed by atoms with Crippen molar-refractivity contribution in [3.8, 4) is 0 Å². The van der Waals surface area contributed by atoms with Crippen molar-refractivity contribution < 1.29 is 28.6 Å². The molecule has 1 unspecified atom stereocenters. The minimum Gasteiger partial charge on any atom is -0.466 e. The molecule has 1 atom stereocenters. The molecule has 0 fully saturated rings. The zero-order valence-electron chi connectivity index (χ0n) is 12.2. The molecule has 0 N–H and O–H groups in total. The number of carbonyl (C=O) groups is 3. The molecule has 0 saturated carbocycles. The molecular weight excluding hydrogens is 264 g/mol. The van der Waals surface area contributed by atoms with Crippen LogP contribution in [0.15, 0.2) is 23.8 Å². The molecule has 0 saturated heterocycles. The standard InChI is InChI=1S/C14H20O6/c1-6-7-11(20-13(16)9(2)3)10(14(17)19-5)8-12(15)18-4/h8,11H,2,6-7H2,1,3-5H3/b10-8-. The molecular formula is C14H20O6. The van der Waals surface area contributed by atoms with Crippen LogP contribution in [0.5, 0.6) is 0 Å². The molecule has 0 aliphatic heterocycles. The van der Waals surface area contributed by atoms with Crippen molar-refractivity contribution in [2.24, 2.45) is 0 Å². The van der Waals surface area contributed by atoms with Gasteiger partial charge in [0.25, 0.3) is 0 Å². The quantitative estimate of drug-likeness (QED) is 0.401. The molecule has 112 valence electrons. The lowest BCUT2D eigenvalue weighted by atomic mass is 10.0. The summed E-state index contributed by atoms with van der Waals surface area (Å²) in [5.74, 6) is -2.11. The smallest absolute Gasteiger partial charge is 0.337 e. The number of rotatable bonds is 7. The summed E-state index contributed by atoms with van der Waals surface area (Å²) in [7, 11) is 2.36. The van der Waals surface area contributed by atoms with Crippen molar-refractivity contribution in [1.29, 1.82) is 0 Å². The predicted molar refractivity (Wildman–Crippen MR) is 71.7 cm³/mol. The molecule has 0 rings (SSSR count). The van der Waals surface area contributed by atoms with E-state index in [4.69, 9.17) is 4.74 Å². The summed E-state index contributed by atoms with van der Waals surface area (Å²) < 4.78 is 14.2. The number of esters is 3. The van der Waals surface area contributed by atoms with Gasteiger partial charge in [0.15, 0.2) is 0 Å². The summed E-state index contributed by atoms with van der Waals surface area (Å²) in [6.45, 7) is 6.82. The van der Waals surface area contributed by atoms with Crippen LogP contribution < -0.4 is 0 Å². The summed E-state index contributed by atoms with van der Waals surface area (Å²) in [6, 6.07) is 0. The highest BCUT2D eigenvalue weighted by atomic mass is 16.6. The van der Waals surface area contributed by atoms with E-state index >= 15 is 0 Å². The molecule has 0 spiro atoms. The van der Waals surface area contributed by atoms with Crippen molar-refractivity contribution in [1.82, 2.24) is 0 Å². The van der Waals surface area contributed by atoms with Gasteiger partial charge in [-0.15, -0.1) is 0 Å². The first-order chi connectivity index (χ1) is 9.37. The van der Waals surface area contributed by atoms with Crippen molar-refractivity contribution in [2.75, 3.05) is 14.2 Å². The van der Waals surface area contributed by atoms with Crippen LogP contribution in [0.2, 0.25) is 0 Å². The van der Waals surface area contributed by atoms with Gasteiger partial charge in [0.2, 0.25) is 0 Å². The highest BCUT2D eigenvalue weighted by Gasteiger charge is 2.26. The normalized spacial score (nSPS) is 12.3. The van der Waals surface area contributed by atoms with Crippen molar-refractivity contribution in [3.05, 3.63) is 23.8 Å². The third-order valence-corrected chi connectivity index (χ3v) is 2.39. The van der Waals surface area contributed by atoms with E-state index in [1.807, 2.05) is 6.92 Å². The van der Waals surface area contributed by atoms with Gasteiger partial charge in [0, 0.05) is 11.6 Å². The fraction of sp³-hybridized carbons (Fsp3) is 0.500. The average Bonchev–Trinajstić information content (AvgIpc) is 2.42. The molecule has 0 bridgehead atoms. The van der Waals surface area contributed by atoms with Crippen LogP contribution in [0.25, 0.3) is 0 Å². The van der Waals surface area contributed by atoms with E-state index in [2.05, 4.69) is 16.1 Å². The Bertz CT molecular complexity index is 421. The largest absolute Gasteiger partial charge is 0.466 e. The molecule has 0 heterocycles. The Labute approximate surface area is 118 Å². The zero-order chi connectivity index (χ0) is 15.7. The second-order valence-corrected chi connectivity index (χ2v) is 4.08. The van der Waals surface area contributed by atoms with Crippen LogP contribution in [0.1, 0.15) is 26.7 Å². The third-order valence-electron chi connectivity index (χ3n) is 2.39. The second kappa shape index (κ2) is 8.90. The molecule has 20 heavy (non-hydrogen) atoms. The van der Waals surface area contributed by atoms with Gasteiger partial charge in [0.1, 0.15) is 6.10 Å². The van der Waals surface area contributed by atoms with E-state index < -0.39 is 24.0 Å². The fourth-order valence-corrected chi connectivity index (χ4v) is 1.36. The minimum atomic E-state index is -0.879. The SMILES string of the molecule is C=C(C)C(=O)OC(CCC)/C(=C/C(=O)OC)C(=O)OC. The molecule has 0 aromatic carbocycles. The Balaban J connectivity index is 5.36. The lowest BCUT2D eigenvalue weighted by molar-refractivity contribution is -0.146. The van der Waals surface area contributed by atoms with Gasteiger partial charge in [-0.1, -0.05) is 19.9 Å². The van der Waals surface area contributed by atoms with Gasteiger partial charge in [-0.2, -0.15) is 0 Å². The maximum atomic E-state index is 11.7. The van der Waals surface area contributed by atoms with Gasteiger partial charge >= 0.3 is 17.9 Å². The highest BCUT2D eigenvalue weighted by Crippen LogP contribution is 2.17. The number of methoxy groups -OCH3 is 2. The Morgan fingerprint density at radius 3 is 2.15 bits per heavy atom. The van der Waals surface area contributed by atoms with Crippen molar-refractivity contribution >= 4 is 17.9 Å². The van der Waals surface area contributed by atoms with E-state index in [9.17, 15) is 14.4 Å². The van der Waals surface area contributed by atoms with Crippen LogP contribution in [-0.2, 0) is 28.6 Å². The molecule has 6 nitrogen and oxygen atoms in total. The van der Waals surface area contributed by atoms with E-state index in [0.717, 1.165) is 6.08 Å². The number of ether oxygens (including phenoxy) is 3. The summed E-state index contributed by atoms with van der Waals surface area (Å²) in [5.41, 5.74) is 0.143. The van der Waals surface area contributed by atoms with Gasteiger partial charge in [0.05, 0.1) is 19.8 Å². The first-order valence-corrected chi connectivity index (χ1v) is 6.11. The van der Waals surface area contributed by atoms with E-state index in [1.165, 1.54) is 21.1 Å². The molecule has 0 aliphatic carbocycles. The monoisotopic (exact) mass is 284 g/mol. The Morgan fingerprint density at radius 1 is 1.15 bits per heavy atom. The van der Waals surface area contributed by atoms with E-state index in [0.29, 0.717) is 12.8 Å². The summed E-state index contributed by atoms with van der Waals surface area (Å²) >= 11 is 0. The molecule has 0 amide bonds. The minimum absolute atomic E-state index is 0.0594. The summed E-state index contributed by atoms with van der Waals surface area (Å²) in [4.78, 5) is 34.6. The first kappa shape index (κ1) is 17.9. The molecule has 6 heteroatoms. The van der Waals surface area contributed by atoms with Gasteiger partial charge in [-0.25, -0.2) is 14.4 Å². The third kappa shape index (κ3) is 5.69. The molecule has 0 aromatic rings. The number of hydrogen-bond donors (Lipinski definition) is 0. The zero-order valence-corrected chi connectivity index (χ0v) is 12.2. The van der Waals surface area contributed by atoms with Crippen LogP contribution in [0.3, 0.4) is 0 Å². The average molecular weight is 284 g/mol. The lowest BCUT2D eigenvalue weighted by Crippen LogP contribution is -2.26. The fourth-order valence-electron chi connectivity index (χ4n) is 1.36. The van der Waals surface area contributed by atoms with Crippen LogP contribution in [0, 0.1) is 0 Å². The van der Waals surface area contributed by atoms with Crippen LogP contribution in [-0.4, -0.2) is 38.2 Å². The Morgan fingerprint density at radius 2 is 1.75 bits per heavy atom. The maximum Gasteiger partial charge on any atom is 0.337 e. The van der Waals surface area contributed by atoms with Crippen molar-refractivity contribution in [2.45, 2.75) is 32.8 Å². The number of hydrogen-bond acceptors (Lipinski definition) is 6. The molecule has 0 radical (unpaired) electrons.